The lowest BCUT2D eigenvalue weighted by molar-refractivity contribution is 0.814. The molecule has 0 heterocycles. The zero-order valence-corrected chi connectivity index (χ0v) is 46.7. The summed E-state index contributed by atoms with van der Waals surface area (Å²) < 4.78 is 0. The van der Waals surface area contributed by atoms with Gasteiger partial charge in [-0.25, -0.2) is 0 Å². The minimum atomic E-state index is 0.0811. The van der Waals surface area contributed by atoms with E-state index >= 15 is 0 Å². The third-order valence-electron chi connectivity index (χ3n) is 15.9. The molecule has 0 spiro atoms. The molecule has 0 bridgehead atoms. The summed E-state index contributed by atoms with van der Waals surface area (Å²) >= 11 is 0. The van der Waals surface area contributed by atoms with Crippen LogP contribution < -0.4 is 9.80 Å². The predicted octanol–water partition coefficient (Wildman–Crippen LogP) is 22.2. The van der Waals surface area contributed by atoms with E-state index in [1.54, 1.807) is 0 Å². The van der Waals surface area contributed by atoms with Crippen molar-refractivity contribution in [3.63, 3.8) is 0 Å². The van der Waals surface area contributed by atoms with Crippen molar-refractivity contribution in [2.75, 3.05) is 9.80 Å². The fraction of sp³-hybridized carbons (Fsp3) is 0.0244. The molecule has 0 N–H and O–H groups in total. The first kappa shape index (κ1) is 52.6. The molecule has 0 radical (unpaired) electrons. The van der Waals surface area contributed by atoms with Gasteiger partial charge >= 0.3 is 0 Å². The van der Waals surface area contributed by atoms with E-state index in [1.165, 1.54) is 54.9 Å². The Balaban J connectivity index is 0.860. The number of anilines is 6. The normalized spacial score (nSPS) is 12.0. The Morgan fingerprint density at radius 2 is 0.560 bits per heavy atom. The molecule has 84 heavy (non-hydrogen) atoms. The lowest BCUT2D eigenvalue weighted by atomic mass is 9.81. The van der Waals surface area contributed by atoms with Crippen molar-refractivity contribution in [2.45, 2.75) is 12.3 Å². The molecule has 0 saturated heterocycles. The number of fused-ring (bicyclic) bond motifs is 2. The maximum atomic E-state index is 2.44. The number of para-hydroxylation sites is 2. The maximum absolute atomic E-state index is 2.44. The number of hydrogen-bond acceptors (Lipinski definition) is 2. The Morgan fingerprint density at radius 3 is 0.988 bits per heavy atom. The monoisotopic (exact) mass is 1070 g/mol. The Kier molecular flexibility index (Phi) is 15.6. The summed E-state index contributed by atoms with van der Waals surface area (Å²) in [4.78, 5) is 4.69. The zero-order valence-electron chi connectivity index (χ0n) is 46.7. The Morgan fingerprint density at radius 1 is 0.262 bits per heavy atom. The van der Waals surface area contributed by atoms with Crippen LogP contribution in [0.5, 0.6) is 0 Å². The highest BCUT2D eigenvalue weighted by molar-refractivity contribution is 6.13. The second-order valence-corrected chi connectivity index (χ2v) is 21.2. The topological polar surface area (TPSA) is 6.48 Å². The minimum absolute atomic E-state index is 0.0811. The third-order valence-corrected chi connectivity index (χ3v) is 15.9. The van der Waals surface area contributed by atoms with Crippen LogP contribution >= 0.6 is 0 Å². The van der Waals surface area contributed by atoms with Crippen molar-refractivity contribution in [1.29, 1.82) is 0 Å². The van der Waals surface area contributed by atoms with Crippen LogP contribution in [0.4, 0.5) is 34.1 Å². The van der Waals surface area contributed by atoms with E-state index < -0.39 is 0 Å². The SMILES string of the molecule is C(=C(c1ccccc1)c1ccc(N(c2ccccc2)c2ccc(/C=C/c3ccccc3)cc2)cc1)c1c2ccccc2c(CC(c2ccccc2)c2ccc(N(c3ccccc3)c3ccc(/C=C/c4ccccc4)cc3)cc2)c2ccccc12. The second-order valence-electron chi connectivity index (χ2n) is 21.2. The molecule has 2 nitrogen and oxygen atoms in total. The summed E-state index contributed by atoms with van der Waals surface area (Å²) in [5, 5.41) is 4.99. The summed E-state index contributed by atoms with van der Waals surface area (Å²) in [7, 11) is 0. The van der Waals surface area contributed by atoms with Crippen LogP contribution in [0, 0.1) is 0 Å². The molecule has 0 saturated carbocycles. The summed E-state index contributed by atoms with van der Waals surface area (Å²) in [5.74, 6) is 0.0811. The predicted molar refractivity (Wildman–Crippen MR) is 360 cm³/mol. The average Bonchev–Trinajstić information content (AvgIpc) is 3.36. The van der Waals surface area contributed by atoms with Gasteiger partial charge in [0.05, 0.1) is 0 Å². The van der Waals surface area contributed by atoms with Crippen LogP contribution in [0.25, 0.3) is 57.5 Å². The molecule has 13 aromatic rings. The second kappa shape index (κ2) is 24.9. The number of rotatable bonds is 17. The number of benzene rings is 13. The summed E-state index contributed by atoms with van der Waals surface area (Å²) in [6.07, 6.45) is 11.9. The van der Waals surface area contributed by atoms with E-state index in [4.69, 9.17) is 0 Å². The van der Waals surface area contributed by atoms with Gasteiger partial charge in [0.25, 0.3) is 0 Å². The molecule has 400 valence electrons. The molecule has 0 aliphatic rings. The van der Waals surface area contributed by atoms with Crippen molar-refractivity contribution in [3.8, 4) is 0 Å². The molecule has 1 atom stereocenters. The molecule has 13 rings (SSSR count). The van der Waals surface area contributed by atoms with Crippen LogP contribution in [0.3, 0.4) is 0 Å². The van der Waals surface area contributed by atoms with Crippen molar-refractivity contribution in [1.82, 2.24) is 0 Å². The van der Waals surface area contributed by atoms with E-state index in [-0.39, 0.29) is 5.92 Å². The molecule has 2 heteroatoms. The van der Waals surface area contributed by atoms with Crippen molar-refractivity contribution in [3.05, 3.63) is 383 Å². The van der Waals surface area contributed by atoms with E-state index in [2.05, 4.69) is 368 Å². The fourth-order valence-electron chi connectivity index (χ4n) is 11.7. The zero-order chi connectivity index (χ0) is 56.3. The fourth-order valence-corrected chi connectivity index (χ4v) is 11.7. The summed E-state index contributed by atoms with van der Waals surface area (Å²) in [6.45, 7) is 0. The van der Waals surface area contributed by atoms with Gasteiger partial charge in [0.1, 0.15) is 0 Å². The van der Waals surface area contributed by atoms with E-state index in [0.29, 0.717) is 0 Å². The van der Waals surface area contributed by atoms with E-state index in [9.17, 15) is 0 Å². The quantitative estimate of drug-likeness (QED) is 0.0662. The number of nitrogens with zero attached hydrogens (tertiary/aromatic N) is 2. The molecular weight excluding hydrogens is 1010 g/mol. The highest BCUT2D eigenvalue weighted by atomic mass is 15.1. The van der Waals surface area contributed by atoms with Crippen LogP contribution in [0.15, 0.2) is 328 Å². The smallest absolute Gasteiger partial charge is 0.0462 e. The van der Waals surface area contributed by atoms with Crippen LogP contribution in [0.1, 0.15) is 61.6 Å². The largest absolute Gasteiger partial charge is 0.311 e. The van der Waals surface area contributed by atoms with Crippen molar-refractivity contribution >= 4 is 91.6 Å². The van der Waals surface area contributed by atoms with Crippen LogP contribution in [-0.4, -0.2) is 0 Å². The van der Waals surface area contributed by atoms with E-state index in [0.717, 1.165) is 68.4 Å². The molecule has 13 aromatic carbocycles. The standard InChI is InChI=1S/C82H62N2/c1-7-23-61(24-8-1)39-41-63-43-51-71(52-44-63)83(69-31-15-5-16-32-69)73-55-47-67(48-56-73)79(65-27-11-3-12-28-65)59-81-75-35-19-21-37-77(75)82(78-38-22-20-36-76(78)81)60-80(66-29-13-4-14-30-66)68-49-57-74(58-50-68)84(70-33-17-6-18-34-70)72-53-45-64(46-54-72)42-40-62-25-9-2-10-26-62/h1-59,80H,60H2/b41-39+,42-40+,79-59?. The van der Waals surface area contributed by atoms with Gasteiger partial charge in [-0.15, -0.1) is 0 Å². The Bertz CT molecular complexity index is 4310. The lowest BCUT2D eigenvalue weighted by Crippen LogP contribution is -2.11. The van der Waals surface area contributed by atoms with Gasteiger partial charge < -0.3 is 9.80 Å². The van der Waals surface area contributed by atoms with Crippen molar-refractivity contribution in [2.24, 2.45) is 0 Å². The van der Waals surface area contributed by atoms with Gasteiger partial charge in [0.15, 0.2) is 0 Å². The van der Waals surface area contributed by atoms with Crippen LogP contribution in [0.2, 0.25) is 0 Å². The van der Waals surface area contributed by atoms with Gasteiger partial charge in [-0.3, -0.25) is 0 Å². The molecule has 0 fully saturated rings. The first-order chi connectivity index (χ1) is 41.7. The third kappa shape index (κ3) is 11.7. The molecule has 1 unspecified atom stereocenters. The van der Waals surface area contributed by atoms with Crippen molar-refractivity contribution < 1.29 is 0 Å². The molecule has 0 aromatic heterocycles. The molecule has 0 aliphatic carbocycles. The summed E-state index contributed by atoms with van der Waals surface area (Å²) in [6, 6.07) is 118. The lowest BCUT2D eigenvalue weighted by Gasteiger charge is -2.27. The van der Waals surface area contributed by atoms with E-state index in [1.807, 2.05) is 0 Å². The molecule has 0 aliphatic heterocycles. The molecular formula is C82H62N2. The molecule has 0 amide bonds. The van der Waals surface area contributed by atoms with Crippen LogP contribution in [-0.2, 0) is 6.42 Å². The van der Waals surface area contributed by atoms with Gasteiger partial charge in [-0.1, -0.05) is 279 Å². The average molecular weight is 1080 g/mol. The summed E-state index contributed by atoms with van der Waals surface area (Å²) in [5.41, 5.74) is 19.8. The van der Waals surface area contributed by atoms with Gasteiger partial charge in [-0.05, 0) is 168 Å². The first-order valence-corrected chi connectivity index (χ1v) is 29.0. The highest BCUT2D eigenvalue weighted by Crippen LogP contribution is 2.43. The Hall–Kier alpha value is -10.8. The van der Waals surface area contributed by atoms with Gasteiger partial charge in [-0.2, -0.15) is 0 Å². The van der Waals surface area contributed by atoms with Gasteiger partial charge in [0.2, 0.25) is 0 Å². The number of hydrogen-bond donors (Lipinski definition) is 0. The minimum Gasteiger partial charge on any atom is -0.311 e. The first-order valence-electron chi connectivity index (χ1n) is 29.0. The highest BCUT2D eigenvalue weighted by Gasteiger charge is 2.22. The maximum Gasteiger partial charge on any atom is 0.0462 e. The Labute approximate surface area is 494 Å². The van der Waals surface area contributed by atoms with Gasteiger partial charge in [0, 0.05) is 40.0 Å².